The highest BCUT2D eigenvalue weighted by Gasteiger charge is 2.24. The van der Waals surface area contributed by atoms with Crippen molar-refractivity contribution in [1.29, 1.82) is 0 Å². The molecule has 152 valence electrons. The second-order valence-corrected chi connectivity index (χ2v) is 8.36. The zero-order valence-corrected chi connectivity index (χ0v) is 17.1. The molecular weight excluding hydrogens is 378 g/mol. The first-order chi connectivity index (χ1) is 13.4. The molecule has 28 heavy (non-hydrogen) atoms. The Kier molecular flexibility index (Phi) is 7.87. The van der Waals surface area contributed by atoms with Crippen molar-refractivity contribution >= 4 is 21.7 Å². The van der Waals surface area contributed by atoms with Crippen LogP contribution in [0.25, 0.3) is 0 Å². The number of benzene rings is 2. The average Bonchev–Trinajstić information content (AvgIpc) is 2.68. The van der Waals surface area contributed by atoms with Crippen LogP contribution in [0.5, 0.6) is 5.75 Å². The molecule has 0 spiro atoms. The van der Waals surface area contributed by atoms with Crippen LogP contribution in [0.4, 0.5) is 5.69 Å². The van der Waals surface area contributed by atoms with Crippen molar-refractivity contribution in [3.05, 3.63) is 54.1 Å². The molecule has 0 amide bonds. The van der Waals surface area contributed by atoms with Gasteiger partial charge in [-0.05, 0) is 54.8 Å². The molecule has 7 heteroatoms. The molecule has 0 saturated carbocycles. The van der Waals surface area contributed by atoms with Crippen molar-refractivity contribution < 1.29 is 23.1 Å². The molecule has 2 aromatic carbocycles. The summed E-state index contributed by atoms with van der Waals surface area (Å²) in [5, 5.41) is 8.67. The fourth-order valence-corrected chi connectivity index (χ4v) is 4.29. The van der Waals surface area contributed by atoms with E-state index in [1.54, 1.807) is 0 Å². The highest BCUT2D eigenvalue weighted by Crippen LogP contribution is 2.26. The van der Waals surface area contributed by atoms with Crippen molar-refractivity contribution in [2.24, 2.45) is 0 Å². The molecule has 0 atom stereocenters. The second-order valence-electron chi connectivity index (χ2n) is 6.50. The molecule has 0 heterocycles. The van der Waals surface area contributed by atoms with Crippen LogP contribution in [0.2, 0.25) is 0 Å². The van der Waals surface area contributed by atoms with Crippen LogP contribution in [0.3, 0.4) is 0 Å². The molecule has 0 unspecified atom stereocenters. The summed E-state index contributed by atoms with van der Waals surface area (Å²) >= 11 is 0. The Balaban J connectivity index is 2.29. The van der Waals surface area contributed by atoms with Gasteiger partial charge in [-0.25, -0.2) is 13.2 Å². The molecule has 0 aromatic heterocycles. The van der Waals surface area contributed by atoms with E-state index in [1.165, 1.54) is 34.1 Å². The van der Waals surface area contributed by atoms with Gasteiger partial charge in [0.1, 0.15) is 5.75 Å². The summed E-state index contributed by atoms with van der Waals surface area (Å²) in [6.45, 7) is 4.04. The predicted molar refractivity (Wildman–Crippen MR) is 109 cm³/mol. The molecule has 2 rings (SSSR count). The van der Waals surface area contributed by atoms with Gasteiger partial charge in [-0.1, -0.05) is 38.8 Å². The van der Waals surface area contributed by atoms with Gasteiger partial charge in [-0.2, -0.15) is 0 Å². The summed E-state index contributed by atoms with van der Waals surface area (Å²) in [4.78, 5) is 10.7. The van der Waals surface area contributed by atoms with Crippen molar-refractivity contribution in [3.8, 4) is 5.75 Å². The van der Waals surface area contributed by atoms with Gasteiger partial charge < -0.3 is 9.84 Å². The first-order valence-corrected chi connectivity index (χ1v) is 10.9. The van der Waals surface area contributed by atoms with Gasteiger partial charge in [0.15, 0.2) is 6.61 Å². The summed E-state index contributed by atoms with van der Waals surface area (Å²) in [7, 11) is -3.74. The van der Waals surface area contributed by atoms with Crippen molar-refractivity contribution in [3.63, 3.8) is 0 Å². The van der Waals surface area contributed by atoms with Gasteiger partial charge in [-0.15, -0.1) is 0 Å². The minimum absolute atomic E-state index is 0.143. The quantitative estimate of drug-likeness (QED) is 0.608. The van der Waals surface area contributed by atoms with Crippen LogP contribution in [0.15, 0.2) is 53.4 Å². The van der Waals surface area contributed by atoms with Crippen molar-refractivity contribution in [2.75, 3.05) is 17.5 Å². The highest BCUT2D eigenvalue weighted by atomic mass is 32.2. The van der Waals surface area contributed by atoms with Crippen LogP contribution in [0.1, 0.15) is 38.7 Å². The smallest absolute Gasteiger partial charge is 0.341 e. The summed E-state index contributed by atoms with van der Waals surface area (Å²) in [5.41, 5.74) is 1.82. The number of nitrogens with zero attached hydrogens (tertiary/aromatic N) is 1. The van der Waals surface area contributed by atoms with Gasteiger partial charge in [-0.3, -0.25) is 4.31 Å². The second kappa shape index (κ2) is 10.1. The molecule has 0 aliphatic carbocycles. The fraction of sp³-hybridized carbons (Fsp3) is 0.381. The van der Waals surface area contributed by atoms with E-state index < -0.39 is 22.6 Å². The minimum Gasteiger partial charge on any atom is -0.482 e. The number of ether oxygens (including phenoxy) is 1. The van der Waals surface area contributed by atoms with E-state index in [0.717, 1.165) is 25.7 Å². The molecular formula is C21H27NO5S. The Labute approximate surface area is 166 Å². The number of unbranched alkanes of at least 4 members (excludes halogenated alkanes) is 1. The van der Waals surface area contributed by atoms with E-state index in [1.807, 2.05) is 31.2 Å². The van der Waals surface area contributed by atoms with E-state index in [2.05, 4.69) is 6.92 Å². The summed E-state index contributed by atoms with van der Waals surface area (Å²) in [6, 6.07) is 13.5. The number of carboxylic acid groups (broad SMARTS) is 1. The zero-order valence-electron chi connectivity index (χ0n) is 16.3. The number of hydrogen-bond acceptors (Lipinski definition) is 4. The molecule has 6 nitrogen and oxygen atoms in total. The lowest BCUT2D eigenvalue weighted by molar-refractivity contribution is -0.139. The van der Waals surface area contributed by atoms with E-state index >= 15 is 0 Å². The Bertz CT molecular complexity index is 861. The van der Waals surface area contributed by atoms with E-state index in [0.29, 0.717) is 18.0 Å². The number of anilines is 1. The molecule has 0 aliphatic rings. The Morgan fingerprint density at radius 3 is 2.18 bits per heavy atom. The fourth-order valence-electron chi connectivity index (χ4n) is 2.79. The topological polar surface area (TPSA) is 83.9 Å². The highest BCUT2D eigenvalue weighted by molar-refractivity contribution is 7.92. The number of sulfonamides is 1. The maximum absolute atomic E-state index is 13.2. The lowest BCUT2D eigenvalue weighted by Crippen LogP contribution is -2.32. The SMILES string of the molecule is CCCCN(c1ccc(CCC)cc1)S(=O)(=O)c1ccc(OCC(=O)O)cc1. The third-order valence-electron chi connectivity index (χ3n) is 4.25. The Hall–Kier alpha value is -2.54. The molecule has 1 N–H and O–H groups in total. The third kappa shape index (κ3) is 5.73. The van der Waals surface area contributed by atoms with Crippen molar-refractivity contribution in [1.82, 2.24) is 0 Å². The first-order valence-electron chi connectivity index (χ1n) is 9.44. The van der Waals surface area contributed by atoms with Crippen LogP contribution in [0, 0.1) is 0 Å². The number of rotatable bonds is 11. The lowest BCUT2D eigenvalue weighted by Gasteiger charge is -2.25. The van der Waals surface area contributed by atoms with Gasteiger partial charge in [0.05, 0.1) is 10.6 Å². The third-order valence-corrected chi connectivity index (χ3v) is 6.09. The Morgan fingerprint density at radius 1 is 1.00 bits per heavy atom. The number of aryl methyl sites for hydroxylation is 1. The van der Waals surface area contributed by atoms with E-state index in [-0.39, 0.29) is 4.90 Å². The number of hydrogen-bond donors (Lipinski definition) is 1. The van der Waals surface area contributed by atoms with Crippen LogP contribution in [-0.2, 0) is 21.2 Å². The predicted octanol–water partition coefficient (Wildman–Crippen LogP) is 4.10. The summed E-state index contributed by atoms with van der Waals surface area (Å²) in [6.07, 6.45) is 3.62. The van der Waals surface area contributed by atoms with E-state index in [4.69, 9.17) is 9.84 Å². The molecule has 0 fully saturated rings. The molecule has 0 aliphatic heterocycles. The molecule has 0 bridgehead atoms. The largest absolute Gasteiger partial charge is 0.482 e. The first kappa shape index (κ1) is 21.8. The maximum atomic E-state index is 13.2. The molecule has 0 radical (unpaired) electrons. The maximum Gasteiger partial charge on any atom is 0.341 e. The standard InChI is InChI=1S/C21H27NO5S/c1-3-5-15-22(18-9-7-17(6-4-2)8-10-18)28(25,26)20-13-11-19(12-14-20)27-16-21(23)24/h7-14H,3-6,15-16H2,1-2H3,(H,23,24). The number of carboxylic acids is 1. The van der Waals surface area contributed by atoms with E-state index in [9.17, 15) is 13.2 Å². The van der Waals surface area contributed by atoms with Crippen LogP contribution < -0.4 is 9.04 Å². The van der Waals surface area contributed by atoms with Gasteiger partial charge in [0.25, 0.3) is 10.0 Å². The average molecular weight is 406 g/mol. The van der Waals surface area contributed by atoms with Gasteiger partial charge in [0, 0.05) is 6.54 Å². The Morgan fingerprint density at radius 2 is 1.64 bits per heavy atom. The zero-order chi connectivity index (χ0) is 20.6. The van der Waals surface area contributed by atoms with Gasteiger partial charge >= 0.3 is 5.97 Å². The van der Waals surface area contributed by atoms with Crippen LogP contribution >= 0.6 is 0 Å². The van der Waals surface area contributed by atoms with Crippen molar-refractivity contribution in [2.45, 2.75) is 44.4 Å². The van der Waals surface area contributed by atoms with Gasteiger partial charge in [0.2, 0.25) is 0 Å². The number of aliphatic carboxylic acids is 1. The normalized spacial score (nSPS) is 11.2. The van der Waals surface area contributed by atoms with Crippen LogP contribution in [-0.4, -0.2) is 32.6 Å². The molecule has 2 aromatic rings. The minimum atomic E-state index is -3.74. The number of carbonyl (C=O) groups is 1. The molecule has 0 saturated heterocycles. The summed E-state index contributed by atoms with van der Waals surface area (Å²) < 4.78 is 32.9. The summed E-state index contributed by atoms with van der Waals surface area (Å²) in [5.74, 6) is -0.778. The lowest BCUT2D eigenvalue weighted by atomic mass is 10.1. The monoisotopic (exact) mass is 405 g/mol.